The predicted octanol–water partition coefficient (Wildman–Crippen LogP) is 3.95. The number of alkyl halides is 1. The molecule has 118 valence electrons. The first-order valence-electron chi connectivity index (χ1n) is 6.83. The van der Waals surface area contributed by atoms with Gasteiger partial charge in [0.15, 0.2) is 0 Å². The SMILES string of the molecule is CC1CCC(CCl)(NS(=O)(=O)c2cc(F)ccc2Cl)CC1. The van der Waals surface area contributed by atoms with Crippen molar-refractivity contribution in [3.8, 4) is 0 Å². The van der Waals surface area contributed by atoms with E-state index in [1.807, 2.05) is 0 Å². The number of sulfonamides is 1. The van der Waals surface area contributed by atoms with E-state index in [-0.39, 0.29) is 15.8 Å². The summed E-state index contributed by atoms with van der Waals surface area (Å²) in [4.78, 5) is -0.243. The molecule has 0 unspecified atom stereocenters. The Bertz CT molecular complexity index is 613. The average molecular weight is 354 g/mol. The first-order chi connectivity index (χ1) is 9.78. The zero-order chi connectivity index (χ0) is 15.7. The van der Waals surface area contributed by atoms with Gasteiger partial charge in [-0.05, 0) is 49.8 Å². The van der Waals surface area contributed by atoms with E-state index < -0.39 is 21.4 Å². The van der Waals surface area contributed by atoms with E-state index in [9.17, 15) is 12.8 Å². The van der Waals surface area contributed by atoms with Crippen molar-refractivity contribution in [3.05, 3.63) is 29.0 Å². The molecule has 0 atom stereocenters. The highest BCUT2D eigenvalue weighted by molar-refractivity contribution is 7.89. The summed E-state index contributed by atoms with van der Waals surface area (Å²) in [7, 11) is -3.91. The standard InChI is InChI=1S/C14H18Cl2FNO2S/c1-10-4-6-14(9-15,7-5-10)18-21(19,20)13-8-11(17)2-3-12(13)16/h2-3,8,10,18H,4-7,9H2,1H3. The van der Waals surface area contributed by atoms with Gasteiger partial charge in [-0.1, -0.05) is 18.5 Å². The second kappa shape index (κ2) is 6.41. The average Bonchev–Trinajstić information content (AvgIpc) is 2.44. The highest BCUT2D eigenvalue weighted by Gasteiger charge is 2.38. The van der Waals surface area contributed by atoms with Gasteiger partial charge in [-0.15, -0.1) is 11.6 Å². The summed E-state index contributed by atoms with van der Waals surface area (Å²) in [5.41, 5.74) is -0.678. The summed E-state index contributed by atoms with van der Waals surface area (Å²) in [5, 5.41) is -0.00204. The molecule has 0 aliphatic heterocycles. The number of hydrogen-bond donors (Lipinski definition) is 1. The summed E-state index contributed by atoms with van der Waals surface area (Å²) in [6.07, 6.45) is 3.16. The number of benzene rings is 1. The molecule has 21 heavy (non-hydrogen) atoms. The van der Waals surface area contributed by atoms with Crippen LogP contribution in [0.1, 0.15) is 32.6 Å². The van der Waals surface area contributed by atoms with Gasteiger partial charge in [-0.3, -0.25) is 0 Å². The largest absolute Gasteiger partial charge is 0.242 e. The minimum absolute atomic E-state index is 0.00204. The Kier molecular flexibility index (Phi) is 5.19. The summed E-state index contributed by atoms with van der Waals surface area (Å²) in [6.45, 7) is 2.14. The maximum Gasteiger partial charge on any atom is 0.242 e. The monoisotopic (exact) mass is 353 g/mol. The number of rotatable bonds is 4. The Morgan fingerprint density at radius 2 is 2.00 bits per heavy atom. The van der Waals surface area contributed by atoms with E-state index in [0.717, 1.165) is 25.0 Å². The van der Waals surface area contributed by atoms with Crippen molar-refractivity contribution in [1.29, 1.82) is 0 Å². The van der Waals surface area contributed by atoms with Gasteiger partial charge in [-0.25, -0.2) is 17.5 Å². The van der Waals surface area contributed by atoms with E-state index in [0.29, 0.717) is 18.8 Å². The Morgan fingerprint density at radius 1 is 1.38 bits per heavy atom. The highest BCUT2D eigenvalue weighted by atomic mass is 35.5. The topological polar surface area (TPSA) is 46.2 Å². The lowest BCUT2D eigenvalue weighted by atomic mass is 9.79. The Labute approximate surface area is 134 Å². The van der Waals surface area contributed by atoms with Gasteiger partial charge < -0.3 is 0 Å². The minimum atomic E-state index is -3.91. The van der Waals surface area contributed by atoms with Crippen molar-refractivity contribution < 1.29 is 12.8 Å². The first-order valence-corrected chi connectivity index (χ1v) is 9.22. The molecule has 1 fully saturated rings. The van der Waals surface area contributed by atoms with Crippen LogP contribution in [0.3, 0.4) is 0 Å². The van der Waals surface area contributed by atoms with Gasteiger partial charge >= 0.3 is 0 Å². The van der Waals surface area contributed by atoms with Crippen LogP contribution in [0.25, 0.3) is 0 Å². The van der Waals surface area contributed by atoms with E-state index in [1.165, 1.54) is 6.07 Å². The van der Waals surface area contributed by atoms with Crippen LogP contribution >= 0.6 is 23.2 Å². The molecule has 0 radical (unpaired) electrons. The summed E-state index contributed by atoms with van der Waals surface area (Å²) in [5.74, 6) is 0.104. The van der Waals surface area contributed by atoms with E-state index in [2.05, 4.69) is 11.6 Å². The van der Waals surface area contributed by atoms with E-state index >= 15 is 0 Å². The molecule has 1 saturated carbocycles. The fourth-order valence-electron chi connectivity index (χ4n) is 2.60. The van der Waals surface area contributed by atoms with Crippen molar-refractivity contribution in [2.75, 3.05) is 5.88 Å². The lowest BCUT2D eigenvalue weighted by Crippen LogP contribution is -2.52. The fourth-order valence-corrected chi connectivity index (χ4v) is 4.99. The second-order valence-corrected chi connectivity index (χ2v) is 8.10. The Hall–Kier alpha value is -0.360. The van der Waals surface area contributed by atoms with Crippen LogP contribution in [0.4, 0.5) is 4.39 Å². The molecule has 1 aromatic rings. The maximum atomic E-state index is 13.3. The van der Waals surface area contributed by atoms with Gasteiger partial charge in [0.1, 0.15) is 10.7 Å². The molecule has 1 aliphatic rings. The van der Waals surface area contributed by atoms with Crippen LogP contribution in [0.2, 0.25) is 5.02 Å². The van der Waals surface area contributed by atoms with Crippen molar-refractivity contribution in [3.63, 3.8) is 0 Å². The lowest BCUT2D eigenvalue weighted by molar-refractivity contribution is 0.247. The van der Waals surface area contributed by atoms with Crippen LogP contribution in [0, 0.1) is 11.7 Å². The van der Waals surface area contributed by atoms with Gasteiger partial charge in [0.2, 0.25) is 10.0 Å². The summed E-state index contributed by atoms with van der Waals surface area (Å²) < 4.78 is 41.0. The zero-order valence-corrected chi connectivity index (χ0v) is 14.0. The van der Waals surface area contributed by atoms with Crippen LogP contribution in [0.5, 0.6) is 0 Å². The number of nitrogens with one attached hydrogen (secondary N) is 1. The number of halogens is 3. The first kappa shape index (κ1) is 17.0. The van der Waals surface area contributed by atoms with E-state index in [1.54, 1.807) is 0 Å². The molecular weight excluding hydrogens is 336 g/mol. The molecule has 0 spiro atoms. The molecule has 7 heteroatoms. The second-order valence-electron chi connectivity index (χ2n) is 5.78. The molecule has 0 bridgehead atoms. The Morgan fingerprint density at radius 3 is 2.57 bits per heavy atom. The smallest absolute Gasteiger partial charge is 0.207 e. The zero-order valence-electron chi connectivity index (χ0n) is 11.7. The van der Waals surface area contributed by atoms with Crippen molar-refractivity contribution in [2.45, 2.75) is 43.0 Å². The van der Waals surface area contributed by atoms with Crippen molar-refractivity contribution in [1.82, 2.24) is 4.72 Å². The van der Waals surface area contributed by atoms with Crippen LogP contribution < -0.4 is 4.72 Å². The summed E-state index contributed by atoms with van der Waals surface area (Å²) >= 11 is 11.9. The molecule has 0 aromatic heterocycles. The molecule has 1 aromatic carbocycles. The molecule has 3 nitrogen and oxygen atoms in total. The fraction of sp³-hybridized carbons (Fsp3) is 0.571. The molecule has 0 heterocycles. The molecule has 1 N–H and O–H groups in total. The van der Waals surface area contributed by atoms with Gasteiger partial charge in [0, 0.05) is 11.4 Å². The minimum Gasteiger partial charge on any atom is -0.207 e. The van der Waals surface area contributed by atoms with E-state index in [4.69, 9.17) is 23.2 Å². The van der Waals surface area contributed by atoms with Crippen LogP contribution in [0.15, 0.2) is 23.1 Å². The number of hydrogen-bond acceptors (Lipinski definition) is 2. The summed E-state index contributed by atoms with van der Waals surface area (Å²) in [6, 6.07) is 3.29. The molecule has 0 amide bonds. The quantitative estimate of drug-likeness (QED) is 0.833. The third-order valence-electron chi connectivity index (χ3n) is 4.02. The third kappa shape index (κ3) is 3.89. The highest BCUT2D eigenvalue weighted by Crippen LogP contribution is 2.34. The van der Waals surface area contributed by atoms with Crippen molar-refractivity contribution >= 4 is 33.2 Å². The molecule has 0 saturated heterocycles. The molecular formula is C14H18Cl2FNO2S. The van der Waals surface area contributed by atoms with Gasteiger partial charge in [0.05, 0.1) is 5.02 Å². The lowest BCUT2D eigenvalue weighted by Gasteiger charge is -2.38. The van der Waals surface area contributed by atoms with Crippen molar-refractivity contribution in [2.24, 2.45) is 5.92 Å². The maximum absolute atomic E-state index is 13.3. The van der Waals surface area contributed by atoms with Crippen LogP contribution in [-0.4, -0.2) is 19.8 Å². The molecule has 1 aliphatic carbocycles. The normalized spacial score (nSPS) is 26.8. The van der Waals surface area contributed by atoms with Crippen LogP contribution in [-0.2, 0) is 10.0 Å². The van der Waals surface area contributed by atoms with Gasteiger partial charge in [-0.2, -0.15) is 0 Å². The van der Waals surface area contributed by atoms with Gasteiger partial charge in [0.25, 0.3) is 0 Å². The Balaban J connectivity index is 2.29. The predicted molar refractivity (Wildman–Crippen MR) is 82.8 cm³/mol. The molecule has 2 rings (SSSR count). The third-order valence-corrected chi connectivity index (χ3v) is 6.59.